The first-order chi connectivity index (χ1) is 13.3. The lowest BCUT2D eigenvalue weighted by Crippen LogP contribution is -2.56. The molecule has 1 saturated carbocycles. The standard InChI is InChI=1S/C20H29F3N4O/c1-14-5-3-4-6-17(14)25-19(28)15(2)26-9-11-27(12-10-26)18-8-7-16(13-24-18)20(21,22)23/h7-8,13-15,17H,3-6,9-12H2,1-2H3,(H,25,28). The smallest absolute Gasteiger partial charge is 0.354 e. The summed E-state index contributed by atoms with van der Waals surface area (Å²) in [7, 11) is 0. The molecule has 1 aromatic heterocycles. The Labute approximate surface area is 164 Å². The van der Waals surface area contributed by atoms with Gasteiger partial charge in [0.05, 0.1) is 11.6 Å². The van der Waals surface area contributed by atoms with Gasteiger partial charge >= 0.3 is 6.18 Å². The first kappa shape index (κ1) is 20.9. The zero-order valence-electron chi connectivity index (χ0n) is 16.5. The first-order valence-electron chi connectivity index (χ1n) is 10.1. The van der Waals surface area contributed by atoms with Gasteiger partial charge in [-0.3, -0.25) is 9.69 Å². The molecule has 3 unspecified atom stereocenters. The zero-order chi connectivity index (χ0) is 20.3. The number of hydrogen-bond donors (Lipinski definition) is 1. The van der Waals surface area contributed by atoms with Crippen LogP contribution in [0.3, 0.4) is 0 Å². The summed E-state index contributed by atoms with van der Waals surface area (Å²) in [5.41, 5.74) is -0.739. The van der Waals surface area contributed by atoms with E-state index in [1.165, 1.54) is 18.9 Å². The summed E-state index contributed by atoms with van der Waals surface area (Å²) < 4.78 is 38.0. The van der Waals surface area contributed by atoms with E-state index in [1.54, 1.807) is 0 Å². The van der Waals surface area contributed by atoms with Crippen molar-refractivity contribution in [3.05, 3.63) is 23.9 Å². The number of nitrogens with one attached hydrogen (secondary N) is 1. The van der Waals surface area contributed by atoms with Crippen LogP contribution in [0.5, 0.6) is 0 Å². The van der Waals surface area contributed by atoms with E-state index in [-0.39, 0.29) is 18.0 Å². The van der Waals surface area contributed by atoms with Crippen molar-refractivity contribution in [3.63, 3.8) is 0 Å². The number of alkyl halides is 3. The third-order valence-electron chi connectivity index (χ3n) is 6.08. The van der Waals surface area contributed by atoms with Gasteiger partial charge < -0.3 is 10.2 Å². The van der Waals surface area contributed by atoms with Gasteiger partial charge in [-0.2, -0.15) is 13.2 Å². The molecule has 2 heterocycles. The molecule has 3 rings (SSSR count). The second-order valence-electron chi connectivity index (χ2n) is 7.98. The van der Waals surface area contributed by atoms with Gasteiger partial charge in [0.2, 0.25) is 5.91 Å². The molecule has 8 heteroatoms. The average molecular weight is 398 g/mol. The van der Waals surface area contributed by atoms with Crippen LogP contribution in [0, 0.1) is 5.92 Å². The van der Waals surface area contributed by atoms with Crippen LogP contribution < -0.4 is 10.2 Å². The summed E-state index contributed by atoms with van der Waals surface area (Å²) in [4.78, 5) is 20.7. The molecule has 0 bridgehead atoms. The molecule has 5 nitrogen and oxygen atoms in total. The van der Waals surface area contributed by atoms with Gasteiger partial charge in [0.25, 0.3) is 0 Å². The van der Waals surface area contributed by atoms with Gasteiger partial charge in [-0.25, -0.2) is 4.98 Å². The fourth-order valence-electron chi connectivity index (χ4n) is 4.08. The summed E-state index contributed by atoms with van der Waals surface area (Å²) in [6.45, 7) is 6.75. The molecule has 28 heavy (non-hydrogen) atoms. The normalized spacial score (nSPS) is 25.4. The minimum Gasteiger partial charge on any atom is -0.354 e. The number of piperazine rings is 1. The van der Waals surface area contributed by atoms with Crippen LogP contribution in [0.25, 0.3) is 0 Å². The van der Waals surface area contributed by atoms with Crippen LogP contribution in [-0.4, -0.2) is 54.1 Å². The Balaban J connectivity index is 1.51. The number of pyridine rings is 1. The molecule has 1 N–H and O–H groups in total. The highest BCUT2D eigenvalue weighted by Gasteiger charge is 2.32. The molecule has 1 saturated heterocycles. The van der Waals surface area contributed by atoms with E-state index in [0.29, 0.717) is 37.9 Å². The zero-order valence-corrected chi connectivity index (χ0v) is 16.5. The van der Waals surface area contributed by atoms with Crippen LogP contribution in [0.2, 0.25) is 0 Å². The summed E-state index contributed by atoms with van der Waals surface area (Å²) in [6.07, 6.45) is 1.13. The lowest BCUT2D eigenvalue weighted by molar-refractivity contribution is -0.137. The van der Waals surface area contributed by atoms with Gasteiger partial charge in [-0.15, -0.1) is 0 Å². The predicted octanol–water partition coefficient (Wildman–Crippen LogP) is 3.31. The third kappa shape index (κ3) is 4.96. The van der Waals surface area contributed by atoms with Crippen molar-refractivity contribution in [3.8, 4) is 0 Å². The number of halogens is 3. The van der Waals surface area contributed by atoms with E-state index in [1.807, 2.05) is 11.8 Å². The monoisotopic (exact) mass is 398 g/mol. The molecule has 2 fully saturated rings. The minimum atomic E-state index is -4.37. The highest BCUT2D eigenvalue weighted by molar-refractivity contribution is 5.81. The second kappa shape index (κ2) is 8.68. The maximum Gasteiger partial charge on any atom is 0.417 e. The molecular weight excluding hydrogens is 369 g/mol. The number of anilines is 1. The lowest BCUT2D eigenvalue weighted by atomic mass is 9.86. The van der Waals surface area contributed by atoms with Gasteiger partial charge in [-0.05, 0) is 37.8 Å². The first-order valence-corrected chi connectivity index (χ1v) is 10.1. The topological polar surface area (TPSA) is 48.5 Å². The highest BCUT2D eigenvalue weighted by atomic mass is 19.4. The molecule has 1 aliphatic heterocycles. The Morgan fingerprint density at radius 3 is 2.43 bits per heavy atom. The second-order valence-corrected chi connectivity index (χ2v) is 7.98. The van der Waals surface area contributed by atoms with Crippen LogP contribution in [0.15, 0.2) is 18.3 Å². The van der Waals surface area contributed by atoms with Crippen molar-refractivity contribution in [1.82, 2.24) is 15.2 Å². The lowest BCUT2D eigenvalue weighted by Gasteiger charge is -2.39. The van der Waals surface area contributed by atoms with Crippen molar-refractivity contribution in [1.29, 1.82) is 0 Å². The Kier molecular flexibility index (Phi) is 6.47. The molecule has 1 aromatic rings. The number of amides is 1. The predicted molar refractivity (Wildman–Crippen MR) is 102 cm³/mol. The quantitative estimate of drug-likeness (QED) is 0.846. The molecule has 156 valence electrons. The van der Waals surface area contributed by atoms with Crippen LogP contribution in [-0.2, 0) is 11.0 Å². The number of rotatable bonds is 4. The van der Waals surface area contributed by atoms with E-state index < -0.39 is 11.7 Å². The summed E-state index contributed by atoms with van der Waals surface area (Å²) >= 11 is 0. The number of nitrogens with zero attached hydrogens (tertiary/aromatic N) is 3. The van der Waals surface area contributed by atoms with Crippen molar-refractivity contribution < 1.29 is 18.0 Å². The molecule has 1 amide bonds. The van der Waals surface area contributed by atoms with Crippen LogP contribution in [0.1, 0.15) is 45.1 Å². The molecule has 0 radical (unpaired) electrons. The Bertz CT molecular complexity index is 656. The van der Waals surface area contributed by atoms with Gasteiger partial charge in [0.1, 0.15) is 5.82 Å². The Morgan fingerprint density at radius 2 is 1.86 bits per heavy atom. The molecule has 3 atom stereocenters. The maximum absolute atomic E-state index is 12.7. The summed E-state index contributed by atoms with van der Waals surface area (Å²) in [5.74, 6) is 1.13. The van der Waals surface area contributed by atoms with Crippen molar-refractivity contribution >= 4 is 11.7 Å². The van der Waals surface area contributed by atoms with E-state index in [4.69, 9.17) is 0 Å². The molecule has 0 aromatic carbocycles. The van der Waals surface area contributed by atoms with Crippen LogP contribution in [0.4, 0.5) is 19.0 Å². The largest absolute Gasteiger partial charge is 0.417 e. The number of hydrogen-bond acceptors (Lipinski definition) is 4. The van der Waals surface area contributed by atoms with E-state index in [2.05, 4.69) is 22.1 Å². The Hall–Kier alpha value is -1.83. The summed E-state index contributed by atoms with van der Waals surface area (Å²) in [5, 5.41) is 3.22. The molecule has 1 aliphatic carbocycles. The summed E-state index contributed by atoms with van der Waals surface area (Å²) in [6, 6.07) is 2.54. The average Bonchev–Trinajstić information content (AvgIpc) is 2.69. The van der Waals surface area contributed by atoms with Gasteiger partial charge in [0, 0.05) is 38.4 Å². The van der Waals surface area contributed by atoms with Gasteiger partial charge in [0.15, 0.2) is 0 Å². The fourth-order valence-corrected chi connectivity index (χ4v) is 4.08. The molecule has 2 aliphatic rings. The maximum atomic E-state index is 12.7. The van der Waals surface area contributed by atoms with E-state index in [9.17, 15) is 18.0 Å². The van der Waals surface area contributed by atoms with Crippen LogP contribution >= 0.6 is 0 Å². The number of carbonyl (C=O) groups is 1. The van der Waals surface area contributed by atoms with Crippen molar-refractivity contribution in [2.45, 2.75) is 57.8 Å². The van der Waals surface area contributed by atoms with E-state index >= 15 is 0 Å². The Morgan fingerprint density at radius 1 is 1.18 bits per heavy atom. The van der Waals surface area contributed by atoms with Crippen molar-refractivity contribution in [2.75, 3.05) is 31.1 Å². The number of aromatic nitrogens is 1. The highest BCUT2D eigenvalue weighted by Crippen LogP contribution is 2.29. The molecule has 0 spiro atoms. The molecular formula is C20H29F3N4O. The van der Waals surface area contributed by atoms with Gasteiger partial charge in [-0.1, -0.05) is 19.8 Å². The number of carbonyl (C=O) groups excluding carboxylic acids is 1. The van der Waals surface area contributed by atoms with E-state index in [0.717, 1.165) is 25.1 Å². The minimum absolute atomic E-state index is 0.0693. The third-order valence-corrected chi connectivity index (χ3v) is 6.08. The fraction of sp³-hybridized carbons (Fsp3) is 0.700. The van der Waals surface area contributed by atoms with Crippen molar-refractivity contribution in [2.24, 2.45) is 5.92 Å². The SMILES string of the molecule is CC1CCCCC1NC(=O)C(C)N1CCN(c2ccc(C(F)(F)F)cn2)CC1.